The fourth-order valence-corrected chi connectivity index (χ4v) is 4.28. The van der Waals surface area contributed by atoms with Crippen LogP contribution in [0.1, 0.15) is 57.9 Å². The molecule has 0 atom stereocenters. The van der Waals surface area contributed by atoms with Crippen LogP contribution in [0.3, 0.4) is 0 Å². The molecule has 0 radical (unpaired) electrons. The maximum Gasteiger partial charge on any atom is 0.410 e. The minimum absolute atomic E-state index is 0.0233. The van der Waals surface area contributed by atoms with Crippen molar-refractivity contribution < 1.29 is 19.0 Å². The van der Waals surface area contributed by atoms with Crippen molar-refractivity contribution in [2.75, 3.05) is 32.7 Å². The molecule has 0 unspecified atom stereocenters. The molecule has 0 N–H and O–H groups in total. The Hall–Kier alpha value is -2.09. The molecule has 172 valence electrons. The molecule has 3 fully saturated rings. The summed E-state index contributed by atoms with van der Waals surface area (Å²) in [6.07, 6.45) is 7.80. The van der Waals surface area contributed by atoms with E-state index in [0.717, 1.165) is 50.3 Å². The van der Waals surface area contributed by atoms with Crippen molar-refractivity contribution in [2.45, 2.75) is 77.6 Å². The first-order valence-electron chi connectivity index (χ1n) is 11.8. The summed E-state index contributed by atoms with van der Waals surface area (Å²) in [7, 11) is 0. The molecule has 1 aliphatic carbocycles. The Labute approximate surface area is 185 Å². The number of nitrogens with zero attached hydrogens (tertiary/aromatic N) is 4. The molecule has 1 aromatic heterocycles. The Balaban J connectivity index is 1.26. The molecule has 31 heavy (non-hydrogen) atoms. The number of piperidine rings is 2. The molecule has 0 bridgehead atoms. The highest BCUT2D eigenvalue weighted by molar-refractivity contribution is 5.67. The smallest absolute Gasteiger partial charge is 0.410 e. The Kier molecular flexibility index (Phi) is 7.15. The van der Waals surface area contributed by atoms with Crippen LogP contribution in [-0.4, -0.2) is 76.9 Å². The van der Waals surface area contributed by atoms with Crippen molar-refractivity contribution in [3.8, 4) is 11.8 Å². The molecule has 3 heterocycles. The lowest BCUT2D eigenvalue weighted by molar-refractivity contribution is 0.0502. The van der Waals surface area contributed by atoms with Crippen molar-refractivity contribution >= 4 is 6.09 Å². The molecule has 1 aromatic rings. The van der Waals surface area contributed by atoms with Gasteiger partial charge in [0.1, 0.15) is 18.5 Å². The number of carbonyl (C=O) groups excluding carboxylic acids is 1. The molecular weight excluding hydrogens is 396 g/mol. The molecule has 0 aromatic carbocycles. The van der Waals surface area contributed by atoms with Crippen LogP contribution < -0.4 is 9.47 Å². The van der Waals surface area contributed by atoms with Crippen LogP contribution in [0.25, 0.3) is 0 Å². The van der Waals surface area contributed by atoms with E-state index in [1.807, 2.05) is 20.8 Å². The summed E-state index contributed by atoms with van der Waals surface area (Å²) >= 11 is 0. The number of carbonyl (C=O) groups is 1. The summed E-state index contributed by atoms with van der Waals surface area (Å²) in [5, 5.41) is 0. The Morgan fingerprint density at radius 2 is 1.52 bits per heavy atom. The first-order valence-corrected chi connectivity index (χ1v) is 11.8. The number of amides is 1. The van der Waals surface area contributed by atoms with Gasteiger partial charge in [0, 0.05) is 45.6 Å². The van der Waals surface area contributed by atoms with E-state index in [1.165, 1.54) is 25.7 Å². The second-order valence-electron chi connectivity index (χ2n) is 9.41. The van der Waals surface area contributed by atoms with E-state index in [2.05, 4.69) is 14.9 Å². The molecule has 8 nitrogen and oxygen atoms in total. The second-order valence-corrected chi connectivity index (χ2v) is 9.41. The lowest BCUT2D eigenvalue weighted by atomic mass is 10.1. The number of likely N-dealkylation sites (tertiary alicyclic amines) is 2. The van der Waals surface area contributed by atoms with Crippen molar-refractivity contribution in [1.29, 1.82) is 0 Å². The third kappa shape index (κ3) is 6.21. The number of ether oxygens (including phenoxy) is 3. The van der Waals surface area contributed by atoms with Gasteiger partial charge in [0.2, 0.25) is 11.8 Å². The minimum atomic E-state index is -0.245. The van der Waals surface area contributed by atoms with Gasteiger partial charge in [0.15, 0.2) is 0 Å². The van der Waals surface area contributed by atoms with Crippen LogP contribution >= 0.6 is 0 Å². The van der Waals surface area contributed by atoms with Gasteiger partial charge >= 0.3 is 6.09 Å². The topological polar surface area (TPSA) is 77.0 Å². The largest absolute Gasteiger partial charge is 0.474 e. The highest BCUT2D eigenvalue weighted by Gasteiger charge is 2.29. The van der Waals surface area contributed by atoms with Crippen molar-refractivity contribution in [3.05, 3.63) is 11.9 Å². The Bertz CT molecular complexity index is 739. The van der Waals surface area contributed by atoms with E-state index >= 15 is 0 Å². The van der Waals surface area contributed by atoms with Gasteiger partial charge in [-0.05, 0) is 52.4 Å². The van der Waals surface area contributed by atoms with Crippen LogP contribution in [0.15, 0.2) is 6.33 Å². The molecule has 2 aliphatic heterocycles. The van der Waals surface area contributed by atoms with E-state index in [4.69, 9.17) is 14.2 Å². The third-order valence-electron chi connectivity index (χ3n) is 6.33. The van der Waals surface area contributed by atoms with Gasteiger partial charge in [0.05, 0.1) is 11.7 Å². The average Bonchev–Trinajstić information content (AvgIpc) is 3.56. The second kappa shape index (κ2) is 10.0. The maximum absolute atomic E-state index is 12.1. The van der Waals surface area contributed by atoms with E-state index in [9.17, 15) is 4.79 Å². The van der Waals surface area contributed by atoms with Gasteiger partial charge in [-0.25, -0.2) is 14.8 Å². The number of rotatable bonds is 7. The van der Waals surface area contributed by atoms with E-state index in [-0.39, 0.29) is 24.4 Å². The quantitative estimate of drug-likeness (QED) is 0.653. The van der Waals surface area contributed by atoms with Crippen molar-refractivity contribution in [3.63, 3.8) is 0 Å². The Morgan fingerprint density at radius 1 is 0.968 bits per heavy atom. The summed E-state index contributed by atoms with van der Waals surface area (Å²) in [5.74, 6) is 2.15. The Morgan fingerprint density at radius 3 is 2.03 bits per heavy atom. The van der Waals surface area contributed by atoms with Gasteiger partial charge in [-0.1, -0.05) is 0 Å². The molecule has 1 amide bonds. The fourth-order valence-electron chi connectivity index (χ4n) is 4.28. The summed E-state index contributed by atoms with van der Waals surface area (Å²) in [4.78, 5) is 25.1. The van der Waals surface area contributed by atoms with E-state index in [0.29, 0.717) is 24.8 Å². The highest BCUT2D eigenvalue weighted by atomic mass is 16.6. The van der Waals surface area contributed by atoms with Gasteiger partial charge in [-0.15, -0.1) is 0 Å². The van der Waals surface area contributed by atoms with Crippen molar-refractivity contribution in [1.82, 2.24) is 19.8 Å². The normalized spacial score (nSPS) is 21.4. The zero-order valence-electron chi connectivity index (χ0n) is 19.1. The van der Waals surface area contributed by atoms with Gasteiger partial charge in [-0.2, -0.15) is 0 Å². The summed E-state index contributed by atoms with van der Waals surface area (Å²) in [6.45, 7) is 10.4. The number of aromatic nitrogens is 2. The van der Waals surface area contributed by atoms with Gasteiger partial charge < -0.3 is 24.0 Å². The van der Waals surface area contributed by atoms with Crippen LogP contribution in [0.5, 0.6) is 11.8 Å². The number of hydrogen-bond donors (Lipinski definition) is 0. The zero-order valence-corrected chi connectivity index (χ0v) is 19.1. The molecule has 8 heteroatoms. The standard InChI is InChI=1S/C23H36N4O4/c1-16(2)29-23(28)27-12-8-20(9-13-27)31-22-17(3)21(24-15-25-22)30-19-6-10-26(11-7-19)14-18-4-5-18/h15-16,18-20H,4-14H2,1-3H3. The monoisotopic (exact) mass is 432 g/mol. The summed E-state index contributed by atoms with van der Waals surface area (Å²) in [6, 6.07) is 0. The molecule has 0 spiro atoms. The van der Waals surface area contributed by atoms with Crippen molar-refractivity contribution in [2.24, 2.45) is 5.92 Å². The molecule has 1 saturated carbocycles. The first kappa shape index (κ1) is 22.1. The highest BCUT2D eigenvalue weighted by Crippen LogP contribution is 2.31. The summed E-state index contributed by atoms with van der Waals surface area (Å²) < 4.78 is 17.7. The van der Waals surface area contributed by atoms with Crippen LogP contribution in [0, 0.1) is 12.8 Å². The van der Waals surface area contributed by atoms with Crippen LogP contribution in [0.4, 0.5) is 4.79 Å². The SMILES string of the molecule is Cc1c(OC2CCN(CC3CC3)CC2)ncnc1OC1CCN(C(=O)OC(C)C)CC1. The minimum Gasteiger partial charge on any atom is -0.474 e. The molecular formula is C23H36N4O4. The first-order chi connectivity index (χ1) is 15.0. The number of hydrogen-bond acceptors (Lipinski definition) is 7. The van der Waals surface area contributed by atoms with Crippen LogP contribution in [-0.2, 0) is 4.74 Å². The van der Waals surface area contributed by atoms with Gasteiger partial charge in [0.25, 0.3) is 0 Å². The maximum atomic E-state index is 12.1. The molecule has 3 aliphatic rings. The third-order valence-corrected chi connectivity index (χ3v) is 6.33. The van der Waals surface area contributed by atoms with Gasteiger partial charge in [-0.3, -0.25) is 0 Å². The molecule has 4 rings (SSSR count). The lowest BCUT2D eigenvalue weighted by Gasteiger charge is -2.33. The predicted molar refractivity (Wildman–Crippen MR) is 116 cm³/mol. The molecule has 2 saturated heterocycles. The summed E-state index contributed by atoms with van der Waals surface area (Å²) in [5.41, 5.74) is 0.851. The lowest BCUT2D eigenvalue weighted by Crippen LogP contribution is -2.42. The van der Waals surface area contributed by atoms with E-state index in [1.54, 1.807) is 4.90 Å². The average molecular weight is 433 g/mol. The predicted octanol–water partition coefficient (Wildman–Crippen LogP) is 3.43. The fraction of sp³-hybridized carbons (Fsp3) is 0.783. The zero-order chi connectivity index (χ0) is 21.8. The van der Waals surface area contributed by atoms with Crippen LogP contribution in [0.2, 0.25) is 0 Å². The van der Waals surface area contributed by atoms with E-state index < -0.39 is 0 Å².